The van der Waals surface area contributed by atoms with Crippen molar-refractivity contribution in [2.24, 2.45) is 0 Å². The molecule has 1 atom stereocenters. The Morgan fingerprint density at radius 2 is 1.98 bits per heavy atom. The highest BCUT2D eigenvalue weighted by atomic mass is 35.5. The molecule has 1 aliphatic heterocycles. The van der Waals surface area contributed by atoms with Crippen molar-refractivity contribution in [2.45, 2.75) is 49.4 Å². The van der Waals surface area contributed by atoms with Gasteiger partial charge in [-0.25, -0.2) is 18.4 Å². The van der Waals surface area contributed by atoms with Crippen LogP contribution in [0.4, 0.5) is 23.1 Å². The summed E-state index contributed by atoms with van der Waals surface area (Å²) in [6, 6.07) is 12.6. The van der Waals surface area contributed by atoms with Crippen LogP contribution in [-0.2, 0) is 16.4 Å². The number of thiazole rings is 1. The zero-order valence-electron chi connectivity index (χ0n) is 23.5. The van der Waals surface area contributed by atoms with Gasteiger partial charge in [0.2, 0.25) is 5.95 Å². The summed E-state index contributed by atoms with van der Waals surface area (Å²) in [5, 5.41) is 18.4. The fourth-order valence-corrected chi connectivity index (χ4v) is 6.94. The third kappa shape index (κ3) is 6.52. The molecule has 2 aromatic carbocycles. The van der Waals surface area contributed by atoms with Gasteiger partial charge < -0.3 is 20.5 Å². The van der Waals surface area contributed by atoms with Gasteiger partial charge in [0, 0.05) is 23.5 Å². The van der Waals surface area contributed by atoms with Crippen LogP contribution in [0.15, 0.2) is 58.9 Å². The van der Waals surface area contributed by atoms with Gasteiger partial charge in [-0.2, -0.15) is 4.98 Å². The Morgan fingerprint density at radius 3 is 2.74 bits per heavy atom. The van der Waals surface area contributed by atoms with E-state index in [-0.39, 0.29) is 34.3 Å². The lowest BCUT2D eigenvalue weighted by atomic mass is 10.2. The number of anilines is 4. The van der Waals surface area contributed by atoms with Crippen molar-refractivity contribution in [3.05, 3.63) is 64.8 Å². The fourth-order valence-electron chi connectivity index (χ4n) is 4.79. The summed E-state index contributed by atoms with van der Waals surface area (Å²) in [4.78, 5) is 16.1. The number of ether oxygens (including phenoxy) is 1. The molecule has 222 valence electrons. The molecular formula is C29H33ClN6O4S2. The van der Waals surface area contributed by atoms with Gasteiger partial charge in [0.05, 0.1) is 47.1 Å². The average Bonchev–Trinajstić information content (AvgIpc) is 3.65. The number of sulfone groups is 1. The minimum absolute atomic E-state index is 0.167. The van der Waals surface area contributed by atoms with Gasteiger partial charge in [-0.05, 0) is 63.6 Å². The number of benzene rings is 2. The minimum atomic E-state index is -3.54. The Hall–Kier alpha value is -3.29. The molecule has 1 saturated heterocycles. The third-order valence-corrected chi connectivity index (χ3v) is 10.6. The van der Waals surface area contributed by atoms with Crippen LogP contribution in [0.3, 0.4) is 0 Å². The zero-order valence-corrected chi connectivity index (χ0v) is 25.9. The largest absolute Gasteiger partial charge is 0.495 e. The van der Waals surface area contributed by atoms with Crippen LogP contribution in [0.5, 0.6) is 5.75 Å². The summed E-state index contributed by atoms with van der Waals surface area (Å²) in [5.74, 6) is 1.08. The van der Waals surface area contributed by atoms with Gasteiger partial charge in [-0.3, -0.25) is 4.90 Å². The van der Waals surface area contributed by atoms with Crippen molar-refractivity contribution in [3.63, 3.8) is 0 Å². The monoisotopic (exact) mass is 628 g/mol. The molecule has 2 aromatic heterocycles. The van der Waals surface area contributed by atoms with E-state index < -0.39 is 15.1 Å². The van der Waals surface area contributed by atoms with E-state index in [1.54, 1.807) is 56.6 Å². The zero-order chi connectivity index (χ0) is 29.9. The molecule has 13 heteroatoms. The van der Waals surface area contributed by atoms with E-state index in [1.165, 1.54) is 6.20 Å². The number of nitrogens with one attached hydrogen (secondary N) is 2. The average molecular weight is 629 g/mol. The van der Waals surface area contributed by atoms with Gasteiger partial charge in [0.1, 0.15) is 15.8 Å². The number of aliphatic hydroxyl groups is 1. The topological polar surface area (TPSA) is 130 Å². The number of methoxy groups -OCH3 is 1. The van der Waals surface area contributed by atoms with E-state index >= 15 is 0 Å². The number of nitrogens with zero attached hydrogens (tertiary/aromatic N) is 4. The fraction of sp³-hybridized carbons (Fsp3) is 0.345. The standard InChI is InChI=1S/C29H33ClN6O4S2/c1-18(2)42(38,39)26-9-5-4-8-24(26)33-27-22(30)14-31-29(35-27)34-23-11-10-19(13-25(23)40-3)28-32-20(17-41-28)15-36-12-6-7-21(36)16-37/h4-5,8-11,13-14,17-18,21,37H,6-7,12,15-16H2,1-3H3,(H2,31,33,34,35)/t21-/m0/s1. The molecule has 1 aliphatic rings. The van der Waals surface area contributed by atoms with Crippen molar-refractivity contribution in [2.75, 3.05) is 30.9 Å². The summed E-state index contributed by atoms with van der Waals surface area (Å²) in [6.45, 7) is 5.14. The van der Waals surface area contributed by atoms with E-state index in [4.69, 9.17) is 21.3 Å². The van der Waals surface area contributed by atoms with Crippen LogP contribution in [0.2, 0.25) is 5.02 Å². The number of hydrogen-bond donors (Lipinski definition) is 3. The highest BCUT2D eigenvalue weighted by Crippen LogP contribution is 2.35. The number of hydrogen-bond acceptors (Lipinski definition) is 11. The lowest BCUT2D eigenvalue weighted by Crippen LogP contribution is -2.31. The predicted molar refractivity (Wildman–Crippen MR) is 167 cm³/mol. The molecule has 0 amide bonds. The molecule has 1 fully saturated rings. The maximum atomic E-state index is 12.9. The Labute approximate surface area is 254 Å². The first-order valence-electron chi connectivity index (χ1n) is 13.6. The first-order valence-corrected chi connectivity index (χ1v) is 16.4. The first-order chi connectivity index (χ1) is 20.2. The highest BCUT2D eigenvalue weighted by Gasteiger charge is 2.25. The molecule has 5 rings (SSSR count). The molecule has 0 unspecified atom stereocenters. The number of aromatic nitrogens is 3. The molecule has 3 heterocycles. The maximum Gasteiger partial charge on any atom is 0.229 e. The van der Waals surface area contributed by atoms with Crippen LogP contribution in [-0.4, -0.2) is 64.9 Å². The molecule has 0 spiro atoms. The first kappa shape index (κ1) is 30.2. The second-order valence-electron chi connectivity index (χ2n) is 10.2. The lowest BCUT2D eigenvalue weighted by Gasteiger charge is -2.21. The number of aliphatic hydroxyl groups excluding tert-OH is 1. The van der Waals surface area contributed by atoms with Crippen molar-refractivity contribution in [1.29, 1.82) is 0 Å². The van der Waals surface area contributed by atoms with Gasteiger partial charge >= 0.3 is 0 Å². The van der Waals surface area contributed by atoms with Gasteiger partial charge in [0.15, 0.2) is 15.7 Å². The van der Waals surface area contributed by atoms with Crippen molar-refractivity contribution in [3.8, 4) is 16.3 Å². The quantitative estimate of drug-likeness (QED) is 0.185. The Bertz CT molecular complexity index is 1660. The Kier molecular flexibility index (Phi) is 9.28. The SMILES string of the molecule is COc1cc(-c2nc(CN3CCC[C@H]3CO)cs2)ccc1Nc1ncc(Cl)c(Nc2ccccc2S(=O)(=O)C(C)C)n1. The smallest absolute Gasteiger partial charge is 0.229 e. The number of likely N-dealkylation sites (tertiary alicyclic amines) is 1. The van der Waals surface area contributed by atoms with Gasteiger partial charge in [-0.1, -0.05) is 23.7 Å². The van der Waals surface area contributed by atoms with Crippen molar-refractivity contribution in [1.82, 2.24) is 19.9 Å². The summed E-state index contributed by atoms with van der Waals surface area (Å²) in [6.07, 6.45) is 3.55. The normalized spacial score (nSPS) is 15.7. The molecule has 4 aromatic rings. The maximum absolute atomic E-state index is 12.9. The summed E-state index contributed by atoms with van der Waals surface area (Å²) >= 11 is 7.95. The summed E-state index contributed by atoms with van der Waals surface area (Å²) in [7, 11) is -1.96. The number of halogens is 1. The summed E-state index contributed by atoms with van der Waals surface area (Å²) in [5.41, 5.74) is 2.90. The second-order valence-corrected chi connectivity index (χ2v) is 14.0. The second kappa shape index (κ2) is 12.9. The van der Waals surface area contributed by atoms with E-state index in [9.17, 15) is 13.5 Å². The van der Waals surface area contributed by atoms with Gasteiger partial charge in [-0.15, -0.1) is 11.3 Å². The molecule has 0 radical (unpaired) electrons. The van der Waals surface area contributed by atoms with Gasteiger partial charge in [0.25, 0.3) is 0 Å². The Balaban J connectivity index is 1.35. The Morgan fingerprint density at radius 1 is 1.17 bits per heavy atom. The van der Waals surface area contributed by atoms with Crippen LogP contribution >= 0.6 is 22.9 Å². The molecule has 0 bridgehead atoms. The molecule has 10 nitrogen and oxygen atoms in total. The van der Waals surface area contributed by atoms with Crippen LogP contribution in [0.1, 0.15) is 32.4 Å². The number of para-hydroxylation sites is 1. The van der Waals surface area contributed by atoms with Crippen LogP contribution < -0.4 is 15.4 Å². The van der Waals surface area contributed by atoms with E-state index in [0.717, 1.165) is 42.2 Å². The molecule has 0 saturated carbocycles. The predicted octanol–water partition coefficient (Wildman–Crippen LogP) is 5.89. The van der Waals surface area contributed by atoms with Crippen molar-refractivity contribution < 1.29 is 18.3 Å². The lowest BCUT2D eigenvalue weighted by molar-refractivity contribution is 0.152. The summed E-state index contributed by atoms with van der Waals surface area (Å²) < 4.78 is 31.4. The van der Waals surface area contributed by atoms with E-state index in [2.05, 4.69) is 30.9 Å². The van der Waals surface area contributed by atoms with E-state index in [1.807, 2.05) is 18.2 Å². The highest BCUT2D eigenvalue weighted by molar-refractivity contribution is 7.92. The van der Waals surface area contributed by atoms with Crippen LogP contribution in [0, 0.1) is 0 Å². The molecule has 3 N–H and O–H groups in total. The van der Waals surface area contributed by atoms with E-state index in [0.29, 0.717) is 17.1 Å². The van der Waals surface area contributed by atoms with Crippen LogP contribution in [0.25, 0.3) is 10.6 Å². The van der Waals surface area contributed by atoms with Crippen molar-refractivity contribution >= 4 is 55.9 Å². The molecule has 42 heavy (non-hydrogen) atoms. The molecule has 0 aliphatic carbocycles. The number of rotatable bonds is 11. The third-order valence-electron chi connectivity index (χ3n) is 7.13. The molecular weight excluding hydrogens is 596 g/mol. The minimum Gasteiger partial charge on any atom is -0.495 e.